The molecule has 0 aliphatic carbocycles. The number of aromatic nitrogens is 1. The number of rotatable bonds is 5. The molecule has 1 heterocycles. The molecule has 0 aliphatic heterocycles. The number of thioether (sulfide) groups is 1. The van der Waals surface area contributed by atoms with Crippen LogP contribution < -0.4 is 0 Å². The van der Waals surface area contributed by atoms with Crippen LogP contribution in [0.25, 0.3) is 0 Å². The zero-order valence-corrected chi connectivity index (χ0v) is 14.4. The maximum absolute atomic E-state index is 12.4. The summed E-state index contributed by atoms with van der Waals surface area (Å²) in [5.41, 5.74) is 3.07. The zero-order valence-electron chi connectivity index (χ0n) is 13.6. The molecule has 0 saturated carbocycles. The molecule has 1 aromatic heterocycles. The average Bonchev–Trinajstić information content (AvgIpc) is 2.56. The number of hydrogen-bond donors (Lipinski definition) is 0. The Bertz CT molecular complexity index is 743. The van der Waals surface area contributed by atoms with Crippen molar-refractivity contribution in [2.45, 2.75) is 31.9 Å². The molecule has 0 bridgehead atoms. The Morgan fingerprint density at radius 2 is 1.91 bits per heavy atom. The van der Waals surface area contributed by atoms with Crippen LogP contribution in [-0.4, -0.2) is 29.1 Å². The number of benzene rings is 1. The van der Waals surface area contributed by atoms with Crippen molar-refractivity contribution in [1.82, 2.24) is 4.98 Å². The van der Waals surface area contributed by atoms with E-state index in [0.29, 0.717) is 16.2 Å². The summed E-state index contributed by atoms with van der Waals surface area (Å²) in [6.45, 7) is 5.52. The zero-order chi connectivity index (χ0) is 17.0. The molecule has 23 heavy (non-hydrogen) atoms. The van der Waals surface area contributed by atoms with Crippen LogP contribution in [0.1, 0.15) is 38.8 Å². The highest BCUT2D eigenvalue weighted by atomic mass is 32.2. The number of esters is 1. The molecule has 0 radical (unpaired) electrons. The number of hydrogen-bond acceptors (Lipinski definition) is 5. The van der Waals surface area contributed by atoms with Crippen LogP contribution in [0, 0.1) is 13.8 Å². The first-order valence-corrected chi connectivity index (χ1v) is 8.48. The number of carbonyl (C=O) groups is 2. The summed E-state index contributed by atoms with van der Waals surface area (Å²) < 4.78 is 5.32. The third-order valence-electron chi connectivity index (χ3n) is 3.63. The Balaban J connectivity index is 2.14. The summed E-state index contributed by atoms with van der Waals surface area (Å²) >= 11 is 1.36. The third-order valence-corrected chi connectivity index (χ3v) is 4.34. The minimum atomic E-state index is -0.848. The Kier molecular flexibility index (Phi) is 5.55. The molecule has 1 atom stereocenters. The molecule has 0 amide bonds. The summed E-state index contributed by atoms with van der Waals surface area (Å²) in [5.74, 6) is -0.747. The van der Waals surface area contributed by atoms with Gasteiger partial charge < -0.3 is 4.74 Å². The maximum Gasteiger partial charge on any atom is 0.341 e. The SMILES string of the molecule is CSc1ncccc1C(=O)O[C@@H](C)C(=O)c1ccc(C)c(C)c1. The third kappa shape index (κ3) is 3.99. The van der Waals surface area contributed by atoms with Gasteiger partial charge in [0.15, 0.2) is 6.10 Å². The number of nitrogens with zero attached hydrogens (tertiary/aromatic N) is 1. The van der Waals surface area contributed by atoms with Gasteiger partial charge in [0.25, 0.3) is 0 Å². The quantitative estimate of drug-likeness (QED) is 0.474. The fourth-order valence-corrected chi connectivity index (χ4v) is 2.65. The molecule has 0 saturated heterocycles. The monoisotopic (exact) mass is 329 g/mol. The van der Waals surface area contributed by atoms with Crippen molar-refractivity contribution in [2.24, 2.45) is 0 Å². The minimum Gasteiger partial charge on any atom is -0.451 e. The fourth-order valence-electron chi connectivity index (χ4n) is 2.12. The van der Waals surface area contributed by atoms with E-state index in [4.69, 9.17) is 4.74 Å². The van der Waals surface area contributed by atoms with Crippen molar-refractivity contribution in [3.05, 3.63) is 58.8 Å². The Morgan fingerprint density at radius 3 is 2.57 bits per heavy atom. The van der Waals surface area contributed by atoms with E-state index in [-0.39, 0.29) is 5.78 Å². The number of ether oxygens (including phenoxy) is 1. The van der Waals surface area contributed by atoms with E-state index in [2.05, 4.69) is 4.98 Å². The summed E-state index contributed by atoms with van der Waals surface area (Å²) in [7, 11) is 0. The van der Waals surface area contributed by atoms with Gasteiger partial charge in [-0.25, -0.2) is 9.78 Å². The molecule has 0 fully saturated rings. The van der Waals surface area contributed by atoms with E-state index in [1.807, 2.05) is 32.2 Å². The van der Waals surface area contributed by atoms with Gasteiger partial charge in [-0.3, -0.25) is 4.79 Å². The van der Waals surface area contributed by atoms with Gasteiger partial charge in [0, 0.05) is 11.8 Å². The Hall–Kier alpha value is -2.14. The van der Waals surface area contributed by atoms with Crippen molar-refractivity contribution in [1.29, 1.82) is 0 Å². The van der Waals surface area contributed by atoms with Crippen LogP contribution in [0.5, 0.6) is 0 Å². The predicted molar refractivity (Wildman–Crippen MR) is 91.1 cm³/mol. The smallest absolute Gasteiger partial charge is 0.341 e. The summed E-state index contributed by atoms with van der Waals surface area (Å²) in [4.78, 5) is 28.8. The van der Waals surface area contributed by atoms with Crippen molar-refractivity contribution in [3.8, 4) is 0 Å². The van der Waals surface area contributed by atoms with Crippen LogP contribution in [0.4, 0.5) is 0 Å². The second-order valence-corrected chi connectivity index (χ2v) is 6.07. The van der Waals surface area contributed by atoms with Crippen LogP contribution in [0.3, 0.4) is 0 Å². The fraction of sp³-hybridized carbons (Fsp3) is 0.278. The summed E-state index contributed by atoms with van der Waals surface area (Å²) in [6, 6.07) is 8.79. The molecular formula is C18H19NO3S. The Labute approximate surface area is 140 Å². The van der Waals surface area contributed by atoms with E-state index in [1.165, 1.54) is 11.8 Å². The van der Waals surface area contributed by atoms with Crippen LogP contribution in [0.2, 0.25) is 0 Å². The first-order chi connectivity index (χ1) is 10.9. The highest BCUT2D eigenvalue weighted by Gasteiger charge is 2.22. The summed E-state index contributed by atoms with van der Waals surface area (Å²) in [5, 5.41) is 0.586. The maximum atomic E-state index is 12.4. The predicted octanol–water partition coefficient (Wildman–Crippen LogP) is 3.85. The highest BCUT2D eigenvalue weighted by Crippen LogP contribution is 2.19. The van der Waals surface area contributed by atoms with Crippen molar-refractivity contribution in [2.75, 3.05) is 6.26 Å². The van der Waals surface area contributed by atoms with Crippen molar-refractivity contribution in [3.63, 3.8) is 0 Å². The Morgan fingerprint density at radius 1 is 1.17 bits per heavy atom. The number of pyridine rings is 1. The van der Waals surface area contributed by atoms with Gasteiger partial charge in [-0.15, -0.1) is 11.8 Å². The van der Waals surface area contributed by atoms with Gasteiger partial charge in [-0.1, -0.05) is 12.1 Å². The number of Topliss-reactive ketones (excluding diaryl/α,β-unsaturated/α-hetero) is 1. The van der Waals surface area contributed by atoms with Gasteiger partial charge in [0.2, 0.25) is 5.78 Å². The lowest BCUT2D eigenvalue weighted by molar-refractivity contribution is 0.0314. The van der Waals surface area contributed by atoms with Crippen molar-refractivity contribution < 1.29 is 14.3 Å². The van der Waals surface area contributed by atoms with E-state index in [1.54, 1.807) is 31.3 Å². The van der Waals surface area contributed by atoms with Crippen molar-refractivity contribution >= 4 is 23.5 Å². The molecule has 2 rings (SSSR count). The minimum absolute atomic E-state index is 0.212. The molecule has 4 nitrogen and oxygen atoms in total. The van der Waals surface area contributed by atoms with Gasteiger partial charge in [-0.05, 0) is 56.4 Å². The topological polar surface area (TPSA) is 56.3 Å². The van der Waals surface area contributed by atoms with Crippen LogP contribution in [-0.2, 0) is 4.74 Å². The first-order valence-electron chi connectivity index (χ1n) is 7.25. The number of aryl methyl sites for hydroxylation is 2. The molecule has 0 N–H and O–H groups in total. The van der Waals surface area contributed by atoms with Crippen LogP contribution in [0.15, 0.2) is 41.6 Å². The van der Waals surface area contributed by atoms with E-state index in [9.17, 15) is 9.59 Å². The molecule has 0 aliphatic rings. The highest BCUT2D eigenvalue weighted by molar-refractivity contribution is 7.98. The standard InChI is InChI=1S/C18H19NO3S/c1-11-7-8-14(10-12(11)2)16(20)13(3)22-18(21)15-6-5-9-19-17(15)23-4/h5-10,13H,1-4H3/t13-/m0/s1. The van der Waals surface area contributed by atoms with Gasteiger partial charge >= 0.3 is 5.97 Å². The van der Waals surface area contributed by atoms with E-state index >= 15 is 0 Å². The lowest BCUT2D eigenvalue weighted by Crippen LogP contribution is -2.25. The first kappa shape index (κ1) is 17.2. The normalized spacial score (nSPS) is 11.8. The molecule has 0 unspecified atom stereocenters. The number of ketones is 1. The second-order valence-electron chi connectivity index (χ2n) is 5.27. The van der Waals surface area contributed by atoms with E-state index in [0.717, 1.165) is 11.1 Å². The lowest BCUT2D eigenvalue weighted by atomic mass is 10.0. The largest absolute Gasteiger partial charge is 0.451 e. The van der Waals surface area contributed by atoms with Crippen LogP contribution >= 0.6 is 11.8 Å². The van der Waals surface area contributed by atoms with Gasteiger partial charge in [0.05, 0.1) is 5.56 Å². The lowest BCUT2D eigenvalue weighted by Gasteiger charge is -2.14. The molecule has 0 spiro atoms. The van der Waals surface area contributed by atoms with E-state index < -0.39 is 12.1 Å². The van der Waals surface area contributed by atoms with Gasteiger partial charge in [-0.2, -0.15) is 0 Å². The average molecular weight is 329 g/mol. The van der Waals surface area contributed by atoms with Gasteiger partial charge in [0.1, 0.15) is 5.03 Å². The molecule has 1 aromatic carbocycles. The molecule has 5 heteroatoms. The second kappa shape index (κ2) is 7.42. The molecular weight excluding hydrogens is 310 g/mol. The molecule has 120 valence electrons. The number of carbonyl (C=O) groups excluding carboxylic acids is 2. The summed E-state index contributed by atoms with van der Waals surface area (Å²) in [6.07, 6.45) is 2.61. The molecule has 2 aromatic rings.